The Morgan fingerprint density at radius 2 is 1.67 bits per heavy atom. The molecule has 6 nitrogen and oxygen atoms in total. The van der Waals surface area contributed by atoms with Crippen LogP contribution >= 0.6 is 0 Å². The fourth-order valence-corrected chi connectivity index (χ4v) is 1.08. The van der Waals surface area contributed by atoms with E-state index < -0.39 is 11.8 Å². The topological polar surface area (TPSA) is 98.7 Å². The van der Waals surface area contributed by atoms with Crippen molar-refractivity contribution in [1.29, 1.82) is 0 Å². The van der Waals surface area contributed by atoms with Gasteiger partial charge in [0, 0.05) is 18.2 Å². The smallest absolute Gasteiger partial charge is 0.274 e. The SMILES string of the molecule is CNC(=O)c1cc(O)cc(C(=O)NO)c1. The Hall–Kier alpha value is -2.08. The van der Waals surface area contributed by atoms with Gasteiger partial charge in [-0.15, -0.1) is 0 Å². The van der Waals surface area contributed by atoms with Gasteiger partial charge in [0.15, 0.2) is 0 Å². The van der Waals surface area contributed by atoms with Gasteiger partial charge in [-0.25, -0.2) is 5.48 Å². The highest BCUT2D eigenvalue weighted by Gasteiger charge is 2.11. The largest absolute Gasteiger partial charge is 0.508 e. The Morgan fingerprint density at radius 3 is 2.13 bits per heavy atom. The molecular weight excluding hydrogens is 200 g/mol. The molecule has 6 heteroatoms. The quantitative estimate of drug-likeness (QED) is 0.403. The first-order valence-electron chi connectivity index (χ1n) is 4.09. The van der Waals surface area contributed by atoms with E-state index in [0.717, 1.165) is 6.07 Å². The van der Waals surface area contributed by atoms with Crippen LogP contribution in [0.2, 0.25) is 0 Å². The van der Waals surface area contributed by atoms with Crippen molar-refractivity contribution < 1.29 is 19.9 Å². The number of hydroxylamine groups is 1. The van der Waals surface area contributed by atoms with E-state index in [1.54, 1.807) is 0 Å². The van der Waals surface area contributed by atoms with Crippen molar-refractivity contribution in [3.8, 4) is 5.75 Å². The summed E-state index contributed by atoms with van der Waals surface area (Å²) in [7, 11) is 1.43. The predicted molar refractivity (Wildman–Crippen MR) is 50.7 cm³/mol. The number of rotatable bonds is 2. The Morgan fingerprint density at radius 1 is 1.13 bits per heavy atom. The third-order valence-electron chi connectivity index (χ3n) is 1.77. The fraction of sp³-hybridized carbons (Fsp3) is 0.111. The molecule has 0 unspecified atom stereocenters. The van der Waals surface area contributed by atoms with E-state index in [4.69, 9.17) is 5.21 Å². The number of aromatic hydroxyl groups is 1. The summed E-state index contributed by atoms with van der Waals surface area (Å²) >= 11 is 0. The lowest BCUT2D eigenvalue weighted by molar-refractivity contribution is 0.0706. The van der Waals surface area contributed by atoms with Gasteiger partial charge in [0.05, 0.1) is 0 Å². The summed E-state index contributed by atoms with van der Waals surface area (Å²) in [5.74, 6) is -1.45. The highest BCUT2D eigenvalue weighted by atomic mass is 16.5. The molecule has 0 saturated heterocycles. The summed E-state index contributed by atoms with van der Waals surface area (Å²) in [5.41, 5.74) is 1.54. The van der Waals surface area contributed by atoms with Gasteiger partial charge in [0.1, 0.15) is 5.75 Å². The molecule has 4 N–H and O–H groups in total. The Kier molecular flexibility index (Phi) is 3.25. The van der Waals surface area contributed by atoms with Crippen molar-refractivity contribution in [1.82, 2.24) is 10.8 Å². The van der Waals surface area contributed by atoms with Crippen molar-refractivity contribution in [3.63, 3.8) is 0 Å². The lowest BCUT2D eigenvalue weighted by Gasteiger charge is -2.04. The van der Waals surface area contributed by atoms with E-state index in [-0.39, 0.29) is 16.9 Å². The van der Waals surface area contributed by atoms with E-state index in [2.05, 4.69) is 5.32 Å². The highest BCUT2D eigenvalue weighted by molar-refractivity contribution is 5.99. The van der Waals surface area contributed by atoms with Crippen LogP contribution in [0.15, 0.2) is 18.2 Å². The second kappa shape index (κ2) is 4.43. The van der Waals surface area contributed by atoms with Crippen LogP contribution in [0.25, 0.3) is 0 Å². The van der Waals surface area contributed by atoms with Gasteiger partial charge >= 0.3 is 0 Å². The van der Waals surface area contributed by atoms with E-state index in [1.165, 1.54) is 24.7 Å². The normalized spacial score (nSPS) is 9.47. The number of hydrogen-bond acceptors (Lipinski definition) is 4. The molecule has 0 atom stereocenters. The summed E-state index contributed by atoms with van der Waals surface area (Å²) in [5, 5.41) is 20.0. The van der Waals surface area contributed by atoms with Gasteiger partial charge in [0.2, 0.25) is 0 Å². The van der Waals surface area contributed by atoms with Crippen LogP contribution in [-0.4, -0.2) is 29.2 Å². The molecule has 0 saturated carbocycles. The number of phenolic OH excluding ortho intramolecular Hbond substituents is 1. The Balaban J connectivity index is 3.16. The minimum atomic E-state index is -0.795. The second-order valence-electron chi connectivity index (χ2n) is 2.79. The molecule has 0 heterocycles. The average molecular weight is 210 g/mol. The minimum absolute atomic E-state index is 0.00361. The van der Waals surface area contributed by atoms with Crippen LogP contribution in [0, 0.1) is 0 Å². The van der Waals surface area contributed by atoms with Crippen molar-refractivity contribution in [3.05, 3.63) is 29.3 Å². The Bertz CT molecular complexity index is 369. The van der Waals surface area contributed by atoms with Crippen molar-refractivity contribution >= 4 is 11.8 Å². The molecule has 80 valence electrons. The van der Waals surface area contributed by atoms with Gasteiger partial charge in [-0.3, -0.25) is 14.8 Å². The zero-order chi connectivity index (χ0) is 11.4. The third-order valence-corrected chi connectivity index (χ3v) is 1.77. The van der Waals surface area contributed by atoms with Crippen LogP contribution in [0.3, 0.4) is 0 Å². The lowest BCUT2D eigenvalue weighted by Crippen LogP contribution is -2.21. The zero-order valence-corrected chi connectivity index (χ0v) is 7.94. The molecule has 0 fully saturated rings. The first-order valence-corrected chi connectivity index (χ1v) is 4.09. The van der Waals surface area contributed by atoms with Gasteiger partial charge < -0.3 is 10.4 Å². The molecule has 0 aliphatic heterocycles. The molecule has 0 bridgehead atoms. The molecule has 1 aromatic rings. The summed E-state index contributed by atoms with van der Waals surface area (Å²) < 4.78 is 0. The van der Waals surface area contributed by atoms with Crippen molar-refractivity contribution in [2.45, 2.75) is 0 Å². The average Bonchev–Trinajstić information content (AvgIpc) is 2.26. The molecule has 15 heavy (non-hydrogen) atoms. The van der Waals surface area contributed by atoms with Crippen LogP contribution in [0.5, 0.6) is 5.75 Å². The fourth-order valence-electron chi connectivity index (χ4n) is 1.08. The first kappa shape index (κ1) is 11.0. The molecule has 0 spiro atoms. The molecular formula is C9H10N2O4. The number of benzene rings is 1. The van der Waals surface area contributed by atoms with Crippen molar-refractivity contribution in [2.75, 3.05) is 7.05 Å². The number of nitrogens with one attached hydrogen (secondary N) is 2. The molecule has 1 rings (SSSR count). The first-order chi connectivity index (χ1) is 7.08. The number of hydrogen-bond donors (Lipinski definition) is 4. The van der Waals surface area contributed by atoms with Gasteiger partial charge in [-0.2, -0.15) is 0 Å². The third kappa shape index (κ3) is 2.44. The summed E-state index contributed by atoms with van der Waals surface area (Å²) in [4.78, 5) is 22.2. The van der Waals surface area contributed by atoms with E-state index in [1.807, 2.05) is 0 Å². The van der Waals surface area contributed by atoms with Crippen molar-refractivity contribution in [2.24, 2.45) is 0 Å². The summed E-state index contributed by atoms with van der Waals surface area (Å²) in [6.45, 7) is 0. The molecule has 0 aliphatic carbocycles. The highest BCUT2D eigenvalue weighted by Crippen LogP contribution is 2.15. The molecule has 0 aromatic heterocycles. The maximum Gasteiger partial charge on any atom is 0.274 e. The predicted octanol–water partition coefficient (Wildman–Crippen LogP) is -0.129. The van der Waals surface area contributed by atoms with Gasteiger partial charge in [-0.05, 0) is 18.2 Å². The van der Waals surface area contributed by atoms with Crippen LogP contribution in [0.1, 0.15) is 20.7 Å². The zero-order valence-electron chi connectivity index (χ0n) is 7.94. The van der Waals surface area contributed by atoms with Gasteiger partial charge in [-0.1, -0.05) is 0 Å². The molecule has 1 aromatic carbocycles. The van der Waals surface area contributed by atoms with E-state index in [0.29, 0.717) is 0 Å². The maximum absolute atomic E-state index is 11.2. The lowest BCUT2D eigenvalue weighted by atomic mass is 10.1. The molecule has 0 aliphatic rings. The van der Waals surface area contributed by atoms with Gasteiger partial charge in [0.25, 0.3) is 11.8 Å². The number of amides is 2. The van der Waals surface area contributed by atoms with Crippen LogP contribution in [0.4, 0.5) is 0 Å². The second-order valence-corrected chi connectivity index (χ2v) is 2.79. The number of phenols is 1. The standard InChI is InChI=1S/C9H10N2O4/c1-10-8(13)5-2-6(9(14)11-15)4-7(12)3-5/h2-4,12,15H,1H3,(H,10,13)(H,11,14). The molecule has 2 amide bonds. The number of carbonyl (C=O) groups excluding carboxylic acids is 2. The monoisotopic (exact) mass is 210 g/mol. The number of carbonyl (C=O) groups is 2. The molecule has 0 radical (unpaired) electrons. The van der Waals surface area contributed by atoms with Crippen LogP contribution in [-0.2, 0) is 0 Å². The van der Waals surface area contributed by atoms with E-state index in [9.17, 15) is 14.7 Å². The summed E-state index contributed by atoms with van der Waals surface area (Å²) in [6, 6.07) is 3.61. The van der Waals surface area contributed by atoms with Crippen LogP contribution < -0.4 is 10.8 Å². The minimum Gasteiger partial charge on any atom is -0.508 e. The summed E-state index contributed by atoms with van der Waals surface area (Å²) in [6.07, 6.45) is 0. The van der Waals surface area contributed by atoms with E-state index >= 15 is 0 Å². The maximum atomic E-state index is 11.2. The Labute approximate surface area is 85.5 Å².